The number of carbonyl (C=O) groups is 1. The Labute approximate surface area is 87.4 Å². The third kappa shape index (κ3) is 1.34. The molecule has 0 saturated heterocycles. The Morgan fingerprint density at radius 2 is 2.07 bits per heavy atom. The Morgan fingerprint density at radius 3 is 2.79 bits per heavy atom. The molecule has 2 rings (SSSR count). The summed E-state index contributed by atoms with van der Waals surface area (Å²) in [6, 6.07) is 5.49. The molecule has 0 bridgehead atoms. The van der Waals surface area contributed by atoms with Crippen LogP contribution in [-0.2, 0) is 4.79 Å². The number of amides is 1. The molecule has 1 aromatic rings. The highest BCUT2D eigenvalue weighted by Gasteiger charge is 2.33. The second-order valence-electron chi connectivity index (χ2n) is 3.87. The van der Waals surface area contributed by atoms with Crippen molar-refractivity contribution in [1.82, 2.24) is 0 Å². The minimum absolute atomic E-state index is 0.0712. The van der Waals surface area contributed by atoms with Crippen LogP contribution in [0.3, 0.4) is 0 Å². The summed E-state index contributed by atoms with van der Waals surface area (Å²) in [7, 11) is 0. The molecule has 1 aliphatic heterocycles. The number of anilines is 2. The van der Waals surface area contributed by atoms with Crippen molar-refractivity contribution in [3.8, 4) is 0 Å². The van der Waals surface area contributed by atoms with Gasteiger partial charge in [-0.2, -0.15) is 0 Å². The lowest BCUT2D eigenvalue weighted by molar-refractivity contribution is -0.119. The molecule has 1 amide bonds. The van der Waals surface area contributed by atoms with Crippen LogP contribution in [-0.4, -0.2) is 11.4 Å². The lowest BCUT2D eigenvalue weighted by Gasteiger charge is -2.33. The average molecular weight is 211 g/mol. The van der Waals surface area contributed by atoms with E-state index in [1.165, 1.54) is 0 Å². The van der Waals surface area contributed by atoms with Gasteiger partial charge in [0.1, 0.15) is 5.54 Å². The molecule has 0 saturated carbocycles. The average Bonchev–Trinajstić information content (AvgIpc) is 2.08. The highest BCUT2D eigenvalue weighted by molar-refractivity contribution is 6.35. The van der Waals surface area contributed by atoms with Gasteiger partial charge in [0.15, 0.2) is 0 Å². The Kier molecular flexibility index (Phi) is 1.93. The highest BCUT2D eigenvalue weighted by atomic mass is 35.5. The first-order valence-corrected chi connectivity index (χ1v) is 4.77. The van der Waals surface area contributed by atoms with Gasteiger partial charge >= 0.3 is 0 Å². The maximum absolute atomic E-state index is 11.6. The van der Waals surface area contributed by atoms with Crippen LogP contribution in [0.1, 0.15) is 13.8 Å². The molecule has 74 valence electrons. The zero-order valence-corrected chi connectivity index (χ0v) is 8.77. The second kappa shape index (κ2) is 2.89. The minimum Gasteiger partial charge on any atom is -0.370 e. The van der Waals surface area contributed by atoms with Gasteiger partial charge in [-0.05, 0) is 26.0 Å². The van der Waals surface area contributed by atoms with E-state index in [1.807, 2.05) is 26.0 Å². The molecule has 0 radical (unpaired) electrons. The molecule has 4 heteroatoms. The van der Waals surface area contributed by atoms with E-state index >= 15 is 0 Å². The molecular weight excluding hydrogens is 200 g/mol. The minimum atomic E-state index is -0.586. The third-order valence-electron chi connectivity index (χ3n) is 2.27. The SMILES string of the molecule is CC1(C)Nc2cccc(Cl)c2NC1=O. The summed E-state index contributed by atoms with van der Waals surface area (Å²) in [6.45, 7) is 3.65. The van der Waals surface area contributed by atoms with Crippen LogP contribution in [0.25, 0.3) is 0 Å². The van der Waals surface area contributed by atoms with E-state index in [0.717, 1.165) is 5.69 Å². The number of carbonyl (C=O) groups excluding carboxylic acids is 1. The highest BCUT2D eigenvalue weighted by Crippen LogP contribution is 2.35. The molecule has 14 heavy (non-hydrogen) atoms. The Bertz CT molecular complexity index is 401. The molecule has 0 atom stereocenters. The number of rotatable bonds is 0. The van der Waals surface area contributed by atoms with Gasteiger partial charge in [0.2, 0.25) is 5.91 Å². The van der Waals surface area contributed by atoms with E-state index in [2.05, 4.69) is 10.6 Å². The largest absolute Gasteiger partial charge is 0.370 e. The quantitative estimate of drug-likeness (QED) is 0.691. The molecule has 1 aliphatic rings. The maximum Gasteiger partial charge on any atom is 0.249 e. The number of hydrogen-bond donors (Lipinski definition) is 2. The number of hydrogen-bond acceptors (Lipinski definition) is 2. The van der Waals surface area contributed by atoms with Gasteiger partial charge < -0.3 is 10.6 Å². The van der Waals surface area contributed by atoms with E-state index in [4.69, 9.17) is 11.6 Å². The number of nitrogens with one attached hydrogen (secondary N) is 2. The van der Waals surface area contributed by atoms with Gasteiger partial charge in [0.05, 0.1) is 16.4 Å². The fraction of sp³-hybridized carbons (Fsp3) is 0.300. The van der Waals surface area contributed by atoms with Crippen molar-refractivity contribution in [2.24, 2.45) is 0 Å². The summed E-state index contributed by atoms with van der Waals surface area (Å²) < 4.78 is 0. The van der Waals surface area contributed by atoms with E-state index in [9.17, 15) is 4.79 Å². The smallest absolute Gasteiger partial charge is 0.249 e. The molecule has 0 fully saturated rings. The van der Waals surface area contributed by atoms with Crippen molar-refractivity contribution in [3.05, 3.63) is 23.2 Å². The molecule has 0 unspecified atom stereocenters. The van der Waals surface area contributed by atoms with Gasteiger partial charge in [0.25, 0.3) is 0 Å². The monoisotopic (exact) mass is 210 g/mol. The van der Waals surface area contributed by atoms with E-state index < -0.39 is 5.54 Å². The number of para-hydroxylation sites is 1. The Morgan fingerprint density at radius 1 is 1.36 bits per heavy atom. The van der Waals surface area contributed by atoms with Gasteiger partial charge in [-0.25, -0.2) is 0 Å². The molecule has 1 aromatic carbocycles. The van der Waals surface area contributed by atoms with Gasteiger partial charge in [-0.3, -0.25) is 4.79 Å². The van der Waals surface area contributed by atoms with E-state index in [-0.39, 0.29) is 5.91 Å². The number of fused-ring (bicyclic) bond motifs is 1. The topological polar surface area (TPSA) is 41.1 Å². The van der Waals surface area contributed by atoms with E-state index in [0.29, 0.717) is 10.7 Å². The first kappa shape index (κ1) is 9.34. The van der Waals surface area contributed by atoms with Crippen molar-refractivity contribution >= 4 is 28.9 Å². The zero-order valence-electron chi connectivity index (χ0n) is 8.02. The van der Waals surface area contributed by atoms with Crippen molar-refractivity contribution < 1.29 is 4.79 Å². The van der Waals surface area contributed by atoms with Gasteiger partial charge in [0, 0.05) is 0 Å². The van der Waals surface area contributed by atoms with Crippen LogP contribution < -0.4 is 10.6 Å². The fourth-order valence-corrected chi connectivity index (χ4v) is 1.64. The summed E-state index contributed by atoms with van der Waals surface area (Å²) in [5.74, 6) is -0.0712. The third-order valence-corrected chi connectivity index (χ3v) is 2.58. The predicted molar refractivity (Wildman–Crippen MR) is 57.8 cm³/mol. The molecule has 3 nitrogen and oxygen atoms in total. The maximum atomic E-state index is 11.6. The summed E-state index contributed by atoms with van der Waals surface area (Å²) >= 11 is 5.95. The summed E-state index contributed by atoms with van der Waals surface area (Å²) in [4.78, 5) is 11.6. The second-order valence-corrected chi connectivity index (χ2v) is 4.27. The van der Waals surface area contributed by atoms with Crippen LogP contribution >= 0.6 is 11.6 Å². The van der Waals surface area contributed by atoms with Crippen LogP contribution in [0.2, 0.25) is 5.02 Å². The van der Waals surface area contributed by atoms with Gasteiger partial charge in [-0.15, -0.1) is 0 Å². The Balaban J connectivity index is 2.51. The lowest BCUT2D eigenvalue weighted by atomic mass is 10.0. The lowest BCUT2D eigenvalue weighted by Crippen LogP contribution is -2.47. The zero-order chi connectivity index (χ0) is 10.3. The Hall–Kier alpha value is -1.22. The number of halogens is 1. The van der Waals surface area contributed by atoms with Crippen LogP contribution in [0.15, 0.2) is 18.2 Å². The van der Waals surface area contributed by atoms with Crippen molar-refractivity contribution in [2.45, 2.75) is 19.4 Å². The fourth-order valence-electron chi connectivity index (χ4n) is 1.42. The van der Waals surface area contributed by atoms with Crippen molar-refractivity contribution in [1.29, 1.82) is 0 Å². The molecular formula is C10H11ClN2O. The molecule has 0 aliphatic carbocycles. The standard InChI is InChI=1S/C10H11ClN2O/c1-10(2)9(14)12-8-6(11)4-3-5-7(8)13-10/h3-5,13H,1-2H3,(H,12,14). The number of benzene rings is 1. The summed E-state index contributed by atoms with van der Waals surface area (Å²) in [6.07, 6.45) is 0. The normalized spacial score (nSPS) is 18.1. The predicted octanol–water partition coefficient (Wildman–Crippen LogP) is 2.48. The molecule has 1 heterocycles. The molecule has 0 aromatic heterocycles. The van der Waals surface area contributed by atoms with Gasteiger partial charge in [-0.1, -0.05) is 17.7 Å². The molecule has 2 N–H and O–H groups in total. The van der Waals surface area contributed by atoms with Crippen LogP contribution in [0, 0.1) is 0 Å². The first-order valence-electron chi connectivity index (χ1n) is 4.39. The van der Waals surface area contributed by atoms with Crippen LogP contribution in [0.4, 0.5) is 11.4 Å². The molecule has 0 spiro atoms. The summed E-state index contributed by atoms with van der Waals surface area (Å²) in [5, 5.41) is 6.47. The van der Waals surface area contributed by atoms with E-state index in [1.54, 1.807) is 6.07 Å². The van der Waals surface area contributed by atoms with Crippen molar-refractivity contribution in [2.75, 3.05) is 10.6 Å². The summed E-state index contributed by atoms with van der Waals surface area (Å²) in [5.41, 5.74) is 0.943. The van der Waals surface area contributed by atoms with Crippen molar-refractivity contribution in [3.63, 3.8) is 0 Å². The van der Waals surface area contributed by atoms with Crippen LogP contribution in [0.5, 0.6) is 0 Å². The first-order chi connectivity index (χ1) is 6.50.